The zero-order valence-electron chi connectivity index (χ0n) is 12.0. The van der Waals surface area contributed by atoms with Crippen LogP contribution in [0.5, 0.6) is 0 Å². The van der Waals surface area contributed by atoms with E-state index >= 15 is 0 Å². The van der Waals surface area contributed by atoms with Crippen molar-refractivity contribution < 1.29 is 27.5 Å². The molecule has 0 bridgehead atoms. The lowest BCUT2D eigenvalue weighted by Gasteiger charge is -2.28. The number of fused-ring (bicyclic) bond motifs is 1. The highest BCUT2D eigenvalue weighted by Crippen LogP contribution is 2.32. The number of anilines is 2. The van der Waals surface area contributed by atoms with Crippen molar-refractivity contribution in [2.75, 3.05) is 29.6 Å². The predicted octanol–water partition coefficient (Wildman–Crippen LogP) is -0.0617. The van der Waals surface area contributed by atoms with Gasteiger partial charge in [-0.1, -0.05) is 0 Å². The average Bonchev–Trinajstić information content (AvgIpc) is 2.44. The van der Waals surface area contributed by atoms with Crippen LogP contribution in [-0.4, -0.2) is 45.6 Å². The van der Waals surface area contributed by atoms with E-state index in [0.717, 1.165) is 11.2 Å². The predicted molar refractivity (Wildman–Crippen MR) is 77.2 cm³/mol. The number of esters is 1. The van der Waals surface area contributed by atoms with Crippen molar-refractivity contribution in [2.45, 2.75) is 11.8 Å². The Balaban J connectivity index is 2.44. The molecule has 0 radical (unpaired) electrons. The third kappa shape index (κ3) is 3.08. The Morgan fingerprint density at radius 2 is 2.05 bits per heavy atom. The van der Waals surface area contributed by atoms with Crippen LogP contribution >= 0.6 is 0 Å². The van der Waals surface area contributed by atoms with E-state index < -0.39 is 27.6 Å². The largest absolute Gasteiger partial charge is 0.459 e. The number of carbonyl (C=O) groups excluding carboxylic acids is 3. The summed E-state index contributed by atoms with van der Waals surface area (Å²) >= 11 is 0. The molecule has 0 saturated carbocycles. The molecule has 0 fully saturated rings. The number of nitrogens with one attached hydrogen (secondary N) is 1. The number of benzene rings is 1. The highest BCUT2D eigenvalue weighted by atomic mass is 32.2. The summed E-state index contributed by atoms with van der Waals surface area (Å²) in [7, 11) is -3.46. The van der Waals surface area contributed by atoms with Gasteiger partial charge in [-0.3, -0.25) is 14.5 Å². The van der Waals surface area contributed by atoms with Crippen LogP contribution in [0.3, 0.4) is 0 Å². The van der Waals surface area contributed by atoms with Crippen LogP contribution < -0.4 is 10.2 Å². The summed E-state index contributed by atoms with van der Waals surface area (Å²) in [6.45, 7) is 1.24. The first kappa shape index (κ1) is 16.0. The summed E-state index contributed by atoms with van der Waals surface area (Å²) in [4.78, 5) is 36.2. The van der Waals surface area contributed by atoms with E-state index in [9.17, 15) is 22.8 Å². The molecule has 9 heteroatoms. The SMILES string of the molecule is CCOC(=O)C(=O)N1CC(=O)Nc2cc(S(C)(=O)=O)ccc21. The quantitative estimate of drug-likeness (QED) is 0.602. The number of ether oxygens (including phenoxy) is 1. The van der Waals surface area contributed by atoms with Crippen LogP contribution in [0, 0.1) is 0 Å². The van der Waals surface area contributed by atoms with Crippen LogP contribution in [0.25, 0.3) is 0 Å². The molecule has 0 aromatic heterocycles. The van der Waals surface area contributed by atoms with Gasteiger partial charge in [-0.2, -0.15) is 0 Å². The summed E-state index contributed by atoms with van der Waals surface area (Å²) in [5.74, 6) is -2.59. The lowest BCUT2D eigenvalue weighted by atomic mass is 10.2. The normalized spacial score (nSPS) is 14.1. The van der Waals surface area contributed by atoms with Crippen LogP contribution in [0.15, 0.2) is 23.1 Å². The zero-order valence-corrected chi connectivity index (χ0v) is 12.8. The van der Waals surface area contributed by atoms with Crippen molar-refractivity contribution in [1.29, 1.82) is 0 Å². The zero-order chi connectivity index (χ0) is 16.5. The molecule has 0 unspecified atom stereocenters. The molecule has 1 N–H and O–H groups in total. The summed E-state index contributed by atoms with van der Waals surface area (Å²) in [6.07, 6.45) is 1.03. The van der Waals surface area contributed by atoms with Gasteiger partial charge in [0.25, 0.3) is 0 Å². The Bertz CT molecular complexity index is 756. The minimum absolute atomic E-state index is 0.00279. The van der Waals surface area contributed by atoms with E-state index in [4.69, 9.17) is 0 Å². The smallest absolute Gasteiger partial charge is 0.397 e. The van der Waals surface area contributed by atoms with E-state index in [-0.39, 0.29) is 29.4 Å². The van der Waals surface area contributed by atoms with Crippen molar-refractivity contribution in [3.05, 3.63) is 18.2 Å². The second-order valence-corrected chi connectivity index (χ2v) is 6.63. The fourth-order valence-electron chi connectivity index (χ4n) is 1.98. The molecule has 0 saturated heterocycles. The van der Waals surface area contributed by atoms with E-state index in [2.05, 4.69) is 10.1 Å². The second kappa shape index (κ2) is 5.76. The van der Waals surface area contributed by atoms with E-state index in [0.29, 0.717) is 0 Å². The second-order valence-electron chi connectivity index (χ2n) is 4.61. The lowest BCUT2D eigenvalue weighted by Crippen LogP contribution is -2.45. The van der Waals surface area contributed by atoms with Gasteiger partial charge in [-0.05, 0) is 25.1 Å². The van der Waals surface area contributed by atoms with Crippen LogP contribution in [0.1, 0.15) is 6.92 Å². The summed E-state index contributed by atoms with van der Waals surface area (Å²) < 4.78 is 27.7. The Hall–Kier alpha value is -2.42. The molecule has 118 valence electrons. The number of rotatable bonds is 2. The molecular formula is C13H14N2O6S. The molecule has 1 aliphatic rings. The molecule has 1 aliphatic heterocycles. The summed E-state index contributed by atoms with van der Waals surface area (Å²) in [6, 6.07) is 3.91. The molecule has 1 heterocycles. The van der Waals surface area contributed by atoms with Crippen LogP contribution in [-0.2, 0) is 29.0 Å². The maximum atomic E-state index is 12.0. The minimum Gasteiger partial charge on any atom is -0.459 e. The molecule has 0 atom stereocenters. The summed E-state index contributed by atoms with van der Waals surface area (Å²) in [5.41, 5.74) is 0.391. The fraction of sp³-hybridized carbons (Fsp3) is 0.308. The Morgan fingerprint density at radius 3 is 2.64 bits per heavy atom. The van der Waals surface area contributed by atoms with Gasteiger partial charge in [-0.15, -0.1) is 0 Å². The van der Waals surface area contributed by atoms with E-state index in [1.54, 1.807) is 6.92 Å². The van der Waals surface area contributed by atoms with E-state index in [1.165, 1.54) is 18.2 Å². The monoisotopic (exact) mass is 326 g/mol. The van der Waals surface area contributed by atoms with Crippen LogP contribution in [0.2, 0.25) is 0 Å². The number of amides is 2. The number of sulfone groups is 1. The fourth-order valence-corrected chi connectivity index (χ4v) is 2.63. The Labute approximate surface area is 127 Å². The molecule has 22 heavy (non-hydrogen) atoms. The van der Waals surface area contributed by atoms with Gasteiger partial charge in [0.15, 0.2) is 9.84 Å². The Morgan fingerprint density at radius 1 is 1.36 bits per heavy atom. The van der Waals surface area contributed by atoms with Crippen LogP contribution in [0.4, 0.5) is 11.4 Å². The first-order chi connectivity index (χ1) is 10.2. The Kier molecular flexibility index (Phi) is 4.18. The molecule has 0 spiro atoms. The molecule has 1 aromatic rings. The highest BCUT2D eigenvalue weighted by molar-refractivity contribution is 7.90. The van der Waals surface area contributed by atoms with Gasteiger partial charge in [0.05, 0.1) is 22.9 Å². The van der Waals surface area contributed by atoms with Crippen molar-refractivity contribution in [2.24, 2.45) is 0 Å². The lowest BCUT2D eigenvalue weighted by molar-refractivity contribution is -0.153. The number of carbonyl (C=O) groups is 3. The highest BCUT2D eigenvalue weighted by Gasteiger charge is 2.32. The van der Waals surface area contributed by atoms with Gasteiger partial charge >= 0.3 is 11.9 Å². The molecule has 8 nitrogen and oxygen atoms in total. The first-order valence-electron chi connectivity index (χ1n) is 6.36. The van der Waals surface area contributed by atoms with Gasteiger partial charge < -0.3 is 10.1 Å². The third-order valence-electron chi connectivity index (χ3n) is 2.96. The molecule has 2 amide bonds. The average molecular weight is 326 g/mol. The maximum absolute atomic E-state index is 12.0. The van der Waals surface area contributed by atoms with Crippen molar-refractivity contribution in [3.63, 3.8) is 0 Å². The van der Waals surface area contributed by atoms with Crippen molar-refractivity contribution in [3.8, 4) is 0 Å². The van der Waals surface area contributed by atoms with Gasteiger partial charge in [0.1, 0.15) is 6.54 Å². The minimum atomic E-state index is -3.46. The topological polar surface area (TPSA) is 110 Å². The van der Waals surface area contributed by atoms with Crippen molar-refractivity contribution in [1.82, 2.24) is 0 Å². The standard InChI is InChI=1S/C13H14N2O6S/c1-3-21-13(18)12(17)15-7-11(16)14-9-6-8(22(2,19)20)4-5-10(9)15/h4-6H,3,7H2,1-2H3,(H,14,16). The van der Waals surface area contributed by atoms with Gasteiger partial charge in [-0.25, -0.2) is 13.2 Å². The summed E-state index contributed by atoms with van der Waals surface area (Å²) in [5, 5.41) is 2.48. The molecular weight excluding hydrogens is 312 g/mol. The van der Waals surface area contributed by atoms with Gasteiger partial charge in [0.2, 0.25) is 5.91 Å². The number of nitrogens with zero attached hydrogens (tertiary/aromatic N) is 1. The molecule has 0 aliphatic carbocycles. The molecule has 1 aromatic carbocycles. The number of hydrogen-bond donors (Lipinski definition) is 1. The van der Waals surface area contributed by atoms with E-state index in [1.807, 2.05) is 0 Å². The van der Waals surface area contributed by atoms with Gasteiger partial charge in [0, 0.05) is 6.26 Å². The molecule has 2 rings (SSSR count). The number of hydrogen-bond acceptors (Lipinski definition) is 6. The maximum Gasteiger partial charge on any atom is 0.397 e. The van der Waals surface area contributed by atoms with Crippen molar-refractivity contribution >= 4 is 39.0 Å². The third-order valence-corrected chi connectivity index (χ3v) is 4.07. The first-order valence-corrected chi connectivity index (χ1v) is 8.25.